The Balaban J connectivity index is 2.67. The molecule has 2 rings (SSSR count). The molecule has 0 amide bonds. The molecular weight excluding hydrogens is 260 g/mol. The number of rotatable bonds is 5. The van der Waals surface area contributed by atoms with Crippen molar-refractivity contribution in [3.8, 4) is 17.2 Å². The number of carboxylic acids is 1. The Kier molecular flexibility index (Phi) is 4.06. The first-order chi connectivity index (χ1) is 9.58. The standard InChI is InChI=1S/C15H20O5/c1-18-10-8-11(19-2)13(12(9-10)20-3)15(14(16)17)6-4-5-7-15/h8-9H,4-7H2,1-3H3,(H,16,17). The summed E-state index contributed by atoms with van der Waals surface area (Å²) in [7, 11) is 4.61. The normalized spacial score (nSPS) is 16.8. The fourth-order valence-corrected chi connectivity index (χ4v) is 3.03. The zero-order chi connectivity index (χ0) is 14.8. The number of carboxylic acid groups (broad SMARTS) is 1. The summed E-state index contributed by atoms with van der Waals surface area (Å²) in [6.07, 6.45) is 2.98. The summed E-state index contributed by atoms with van der Waals surface area (Å²) in [6.45, 7) is 0. The van der Waals surface area contributed by atoms with Gasteiger partial charge < -0.3 is 19.3 Å². The molecule has 0 bridgehead atoms. The minimum atomic E-state index is -0.928. The smallest absolute Gasteiger partial charge is 0.314 e. The highest BCUT2D eigenvalue weighted by molar-refractivity contribution is 5.84. The average Bonchev–Trinajstić information content (AvgIpc) is 2.96. The largest absolute Gasteiger partial charge is 0.496 e. The molecule has 0 unspecified atom stereocenters. The van der Waals surface area contributed by atoms with Crippen molar-refractivity contribution in [3.63, 3.8) is 0 Å². The van der Waals surface area contributed by atoms with Crippen molar-refractivity contribution in [1.29, 1.82) is 0 Å². The predicted octanol–water partition coefficient (Wildman–Crippen LogP) is 2.61. The second kappa shape index (κ2) is 5.61. The van der Waals surface area contributed by atoms with Gasteiger partial charge in [0.2, 0.25) is 0 Å². The molecule has 0 aliphatic heterocycles. The number of hydrogen-bond acceptors (Lipinski definition) is 4. The van der Waals surface area contributed by atoms with E-state index in [1.165, 1.54) is 14.2 Å². The fraction of sp³-hybridized carbons (Fsp3) is 0.533. The first kappa shape index (κ1) is 14.5. The monoisotopic (exact) mass is 280 g/mol. The summed E-state index contributed by atoms with van der Waals surface area (Å²) >= 11 is 0. The number of carbonyl (C=O) groups is 1. The molecule has 0 spiro atoms. The Morgan fingerprint density at radius 3 is 1.90 bits per heavy atom. The van der Waals surface area contributed by atoms with Gasteiger partial charge in [-0.05, 0) is 12.8 Å². The first-order valence-electron chi connectivity index (χ1n) is 6.63. The molecule has 5 heteroatoms. The van der Waals surface area contributed by atoms with Gasteiger partial charge in [-0.1, -0.05) is 12.8 Å². The van der Waals surface area contributed by atoms with Crippen LogP contribution >= 0.6 is 0 Å². The number of aliphatic carboxylic acids is 1. The van der Waals surface area contributed by atoms with Crippen molar-refractivity contribution >= 4 is 5.97 Å². The maximum atomic E-state index is 11.9. The van der Waals surface area contributed by atoms with E-state index in [0.29, 0.717) is 35.7 Å². The predicted molar refractivity (Wildman–Crippen MR) is 73.9 cm³/mol. The molecule has 20 heavy (non-hydrogen) atoms. The molecule has 1 aromatic carbocycles. The third-order valence-electron chi connectivity index (χ3n) is 4.06. The molecule has 0 aromatic heterocycles. The molecule has 1 N–H and O–H groups in total. The van der Waals surface area contributed by atoms with Gasteiger partial charge in [0.25, 0.3) is 0 Å². The molecule has 1 fully saturated rings. The third-order valence-corrected chi connectivity index (χ3v) is 4.06. The average molecular weight is 280 g/mol. The highest BCUT2D eigenvalue weighted by atomic mass is 16.5. The van der Waals surface area contributed by atoms with E-state index < -0.39 is 11.4 Å². The highest BCUT2D eigenvalue weighted by Crippen LogP contribution is 2.50. The lowest BCUT2D eigenvalue weighted by Gasteiger charge is -2.28. The maximum absolute atomic E-state index is 11.9. The SMILES string of the molecule is COc1cc(OC)c(C2(C(=O)O)CCCC2)c(OC)c1. The minimum absolute atomic E-state index is 0.505. The van der Waals surface area contributed by atoms with Crippen LogP contribution in [0, 0.1) is 0 Å². The number of ether oxygens (including phenoxy) is 3. The molecule has 1 aromatic rings. The molecule has 0 radical (unpaired) electrons. The Morgan fingerprint density at radius 2 is 1.55 bits per heavy atom. The number of methoxy groups -OCH3 is 3. The maximum Gasteiger partial charge on any atom is 0.314 e. The van der Waals surface area contributed by atoms with Crippen LogP contribution in [0.15, 0.2) is 12.1 Å². The van der Waals surface area contributed by atoms with Gasteiger partial charge in [-0.2, -0.15) is 0 Å². The molecule has 5 nitrogen and oxygen atoms in total. The summed E-state index contributed by atoms with van der Waals surface area (Å²) in [5, 5.41) is 9.74. The van der Waals surface area contributed by atoms with Gasteiger partial charge in [-0.15, -0.1) is 0 Å². The van der Waals surface area contributed by atoms with Crippen molar-refractivity contribution in [2.75, 3.05) is 21.3 Å². The van der Waals surface area contributed by atoms with E-state index in [9.17, 15) is 9.90 Å². The molecule has 0 atom stereocenters. The quantitative estimate of drug-likeness (QED) is 0.898. The lowest BCUT2D eigenvalue weighted by Crippen LogP contribution is -2.33. The first-order valence-corrected chi connectivity index (χ1v) is 6.63. The summed E-state index contributed by atoms with van der Waals surface area (Å²) in [5.41, 5.74) is -0.309. The Bertz CT molecular complexity index is 478. The van der Waals surface area contributed by atoms with Crippen molar-refractivity contribution in [1.82, 2.24) is 0 Å². The van der Waals surface area contributed by atoms with Crippen molar-refractivity contribution in [2.45, 2.75) is 31.1 Å². The lowest BCUT2D eigenvalue weighted by atomic mass is 9.77. The molecule has 1 saturated carbocycles. The van der Waals surface area contributed by atoms with E-state index in [0.717, 1.165) is 12.8 Å². The van der Waals surface area contributed by atoms with Gasteiger partial charge in [-0.3, -0.25) is 4.79 Å². The van der Waals surface area contributed by atoms with Gasteiger partial charge >= 0.3 is 5.97 Å². The highest BCUT2D eigenvalue weighted by Gasteiger charge is 2.47. The molecule has 0 saturated heterocycles. The molecular formula is C15H20O5. The Labute approximate surface area is 118 Å². The zero-order valence-corrected chi connectivity index (χ0v) is 12.1. The van der Waals surface area contributed by atoms with Gasteiger partial charge in [0.15, 0.2) is 0 Å². The zero-order valence-electron chi connectivity index (χ0n) is 12.1. The van der Waals surface area contributed by atoms with Crippen molar-refractivity contribution < 1.29 is 24.1 Å². The van der Waals surface area contributed by atoms with E-state index >= 15 is 0 Å². The third kappa shape index (κ3) is 2.17. The topological polar surface area (TPSA) is 65.0 Å². The van der Waals surface area contributed by atoms with E-state index in [1.807, 2.05) is 0 Å². The second-order valence-electron chi connectivity index (χ2n) is 5.00. The van der Waals surface area contributed by atoms with Crippen LogP contribution in [0.4, 0.5) is 0 Å². The van der Waals surface area contributed by atoms with Gasteiger partial charge in [0.05, 0.1) is 32.3 Å². The summed E-state index contributed by atoms with van der Waals surface area (Å²) < 4.78 is 16.0. The van der Waals surface area contributed by atoms with Crippen LogP contribution < -0.4 is 14.2 Å². The minimum Gasteiger partial charge on any atom is -0.496 e. The fourth-order valence-electron chi connectivity index (χ4n) is 3.03. The van der Waals surface area contributed by atoms with Crippen LogP contribution in [-0.2, 0) is 10.2 Å². The molecule has 1 aliphatic carbocycles. The van der Waals surface area contributed by atoms with Crippen LogP contribution in [0.2, 0.25) is 0 Å². The summed E-state index contributed by atoms with van der Waals surface area (Å²) in [5.74, 6) is 0.772. The molecule has 0 heterocycles. The summed E-state index contributed by atoms with van der Waals surface area (Å²) in [6, 6.07) is 3.42. The number of hydrogen-bond donors (Lipinski definition) is 1. The second-order valence-corrected chi connectivity index (χ2v) is 5.00. The van der Waals surface area contributed by atoms with E-state index in [1.54, 1.807) is 19.2 Å². The number of benzene rings is 1. The van der Waals surface area contributed by atoms with Crippen LogP contribution in [0.1, 0.15) is 31.2 Å². The Hall–Kier alpha value is -1.91. The van der Waals surface area contributed by atoms with Crippen LogP contribution in [0.25, 0.3) is 0 Å². The van der Waals surface area contributed by atoms with Crippen molar-refractivity contribution in [3.05, 3.63) is 17.7 Å². The van der Waals surface area contributed by atoms with Gasteiger partial charge in [-0.25, -0.2) is 0 Å². The summed E-state index contributed by atoms with van der Waals surface area (Å²) in [4.78, 5) is 11.9. The molecule has 110 valence electrons. The molecule has 1 aliphatic rings. The Morgan fingerprint density at radius 1 is 1.05 bits per heavy atom. The van der Waals surface area contributed by atoms with E-state index in [-0.39, 0.29) is 0 Å². The van der Waals surface area contributed by atoms with E-state index in [2.05, 4.69) is 0 Å². The van der Waals surface area contributed by atoms with E-state index in [4.69, 9.17) is 14.2 Å². The van der Waals surface area contributed by atoms with Crippen LogP contribution in [0.5, 0.6) is 17.2 Å². The van der Waals surface area contributed by atoms with Gasteiger partial charge in [0, 0.05) is 12.1 Å². The van der Waals surface area contributed by atoms with Crippen LogP contribution in [-0.4, -0.2) is 32.4 Å². The van der Waals surface area contributed by atoms with Crippen molar-refractivity contribution in [2.24, 2.45) is 0 Å². The van der Waals surface area contributed by atoms with Gasteiger partial charge in [0.1, 0.15) is 17.2 Å². The van der Waals surface area contributed by atoms with Crippen LogP contribution in [0.3, 0.4) is 0 Å². The lowest BCUT2D eigenvalue weighted by molar-refractivity contribution is -0.143.